The predicted molar refractivity (Wildman–Crippen MR) is 109 cm³/mol. The molecule has 7 nitrogen and oxygen atoms in total. The minimum Gasteiger partial charge on any atom is -0.493 e. The van der Waals surface area contributed by atoms with E-state index in [-0.39, 0.29) is 12.6 Å². The number of halogens is 1. The molecule has 154 valence electrons. The average Bonchev–Trinajstić information content (AvgIpc) is 2.71. The molecule has 0 saturated carbocycles. The standard InChI is InChI=1S/C21H23ClN2O5/c1-3-28-18-10-5-4-9-17(18)21(27)23-12-20(26)29-13-19(25)24-14(2)15-7-6-8-16(22)11-15/h4-11,14H,3,12-13H2,1-2H3,(H,23,27)(H,24,25)/t14-/m0/s1. The van der Waals surface area contributed by atoms with Crippen molar-refractivity contribution in [2.75, 3.05) is 19.8 Å². The van der Waals surface area contributed by atoms with Gasteiger partial charge in [0.25, 0.3) is 11.8 Å². The van der Waals surface area contributed by atoms with Crippen LogP contribution in [0.15, 0.2) is 48.5 Å². The Morgan fingerprint density at radius 2 is 1.86 bits per heavy atom. The SMILES string of the molecule is CCOc1ccccc1C(=O)NCC(=O)OCC(=O)N[C@@H](C)c1cccc(Cl)c1. The van der Waals surface area contributed by atoms with Gasteiger partial charge in [-0.05, 0) is 43.7 Å². The molecule has 0 aromatic heterocycles. The van der Waals surface area contributed by atoms with Crippen molar-refractivity contribution in [1.82, 2.24) is 10.6 Å². The Kier molecular flexibility index (Phi) is 8.48. The lowest BCUT2D eigenvalue weighted by Crippen LogP contribution is -2.34. The molecule has 0 heterocycles. The summed E-state index contributed by atoms with van der Waals surface area (Å²) < 4.78 is 10.3. The second-order valence-electron chi connectivity index (χ2n) is 6.12. The van der Waals surface area contributed by atoms with Crippen LogP contribution in [0.2, 0.25) is 5.02 Å². The van der Waals surface area contributed by atoms with Gasteiger partial charge in [0.05, 0.1) is 18.2 Å². The van der Waals surface area contributed by atoms with E-state index in [0.29, 0.717) is 22.9 Å². The molecule has 0 fully saturated rings. The average molecular weight is 419 g/mol. The van der Waals surface area contributed by atoms with Crippen LogP contribution in [0.25, 0.3) is 0 Å². The number of benzene rings is 2. The maximum Gasteiger partial charge on any atom is 0.325 e. The Morgan fingerprint density at radius 1 is 1.10 bits per heavy atom. The number of carbonyl (C=O) groups is 3. The maximum absolute atomic E-state index is 12.2. The quantitative estimate of drug-likeness (QED) is 0.611. The number of ether oxygens (including phenoxy) is 2. The van der Waals surface area contributed by atoms with Gasteiger partial charge < -0.3 is 20.1 Å². The Bertz CT molecular complexity index is 872. The van der Waals surface area contributed by atoms with E-state index in [1.807, 2.05) is 13.0 Å². The normalized spacial score (nSPS) is 11.3. The van der Waals surface area contributed by atoms with E-state index in [9.17, 15) is 14.4 Å². The first kappa shape index (κ1) is 22.2. The molecule has 2 amide bonds. The lowest BCUT2D eigenvalue weighted by molar-refractivity contribution is -0.147. The molecule has 2 aromatic rings. The van der Waals surface area contributed by atoms with Crippen LogP contribution in [0.4, 0.5) is 0 Å². The van der Waals surface area contributed by atoms with Crippen molar-refractivity contribution in [2.24, 2.45) is 0 Å². The Hall–Kier alpha value is -3.06. The van der Waals surface area contributed by atoms with Crippen LogP contribution in [-0.2, 0) is 14.3 Å². The molecule has 0 unspecified atom stereocenters. The third kappa shape index (κ3) is 7.12. The number of hydrogen-bond donors (Lipinski definition) is 2. The third-order valence-electron chi connectivity index (χ3n) is 3.92. The highest BCUT2D eigenvalue weighted by Crippen LogP contribution is 2.18. The summed E-state index contributed by atoms with van der Waals surface area (Å²) in [6.07, 6.45) is 0. The van der Waals surface area contributed by atoms with Gasteiger partial charge in [-0.2, -0.15) is 0 Å². The molecule has 0 saturated heterocycles. The monoisotopic (exact) mass is 418 g/mol. The molecule has 8 heteroatoms. The summed E-state index contributed by atoms with van der Waals surface area (Å²) >= 11 is 5.94. The fourth-order valence-corrected chi connectivity index (χ4v) is 2.72. The van der Waals surface area contributed by atoms with Crippen LogP contribution < -0.4 is 15.4 Å². The smallest absolute Gasteiger partial charge is 0.325 e. The zero-order chi connectivity index (χ0) is 21.2. The van der Waals surface area contributed by atoms with Gasteiger partial charge in [-0.15, -0.1) is 0 Å². The van der Waals surface area contributed by atoms with Crippen molar-refractivity contribution in [2.45, 2.75) is 19.9 Å². The molecule has 2 rings (SSSR count). The Balaban J connectivity index is 1.76. The molecular weight excluding hydrogens is 396 g/mol. The number of carbonyl (C=O) groups excluding carboxylic acids is 3. The van der Waals surface area contributed by atoms with Gasteiger partial charge >= 0.3 is 5.97 Å². The Labute approximate surface area is 174 Å². The topological polar surface area (TPSA) is 93.7 Å². The number of para-hydroxylation sites is 1. The summed E-state index contributed by atoms with van der Waals surface area (Å²) in [5.41, 5.74) is 1.15. The molecule has 1 atom stereocenters. The van der Waals surface area contributed by atoms with Gasteiger partial charge in [0.15, 0.2) is 6.61 Å². The minimum atomic E-state index is -0.724. The first-order valence-corrected chi connectivity index (χ1v) is 9.49. The summed E-state index contributed by atoms with van der Waals surface area (Å²) in [4.78, 5) is 36.0. The van der Waals surface area contributed by atoms with Crippen molar-refractivity contribution in [1.29, 1.82) is 0 Å². The van der Waals surface area contributed by atoms with Crippen LogP contribution in [-0.4, -0.2) is 37.5 Å². The molecule has 2 N–H and O–H groups in total. The highest BCUT2D eigenvalue weighted by molar-refractivity contribution is 6.30. The van der Waals surface area contributed by atoms with Crippen LogP contribution in [0.3, 0.4) is 0 Å². The van der Waals surface area contributed by atoms with Gasteiger partial charge in [-0.1, -0.05) is 35.9 Å². The molecule has 0 radical (unpaired) electrons. The fraction of sp³-hybridized carbons (Fsp3) is 0.286. The molecule has 0 aliphatic carbocycles. The van der Waals surface area contributed by atoms with E-state index in [1.165, 1.54) is 0 Å². The molecular formula is C21H23ClN2O5. The van der Waals surface area contributed by atoms with Crippen molar-refractivity contribution < 1.29 is 23.9 Å². The van der Waals surface area contributed by atoms with Crippen molar-refractivity contribution in [3.05, 3.63) is 64.7 Å². The molecule has 0 aliphatic rings. The number of amides is 2. The lowest BCUT2D eigenvalue weighted by Gasteiger charge is -2.15. The van der Waals surface area contributed by atoms with Crippen molar-refractivity contribution in [3.8, 4) is 5.75 Å². The summed E-state index contributed by atoms with van der Waals surface area (Å²) in [7, 11) is 0. The third-order valence-corrected chi connectivity index (χ3v) is 4.15. The predicted octanol–water partition coefficient (Wildman–Crippen LogP) is 2.89. The van der Waals surface area contributed by atoms with Gasteiger partial charge in [-0.3, -0.25) is 14.4 Å². The first-order valence-electron chi connectivity index (χ1n) is 9.11. The highest BCUT2D eigenvalue weighted by Gasteiger charge is 2.15. The van der Waals surface area contributed by atoms with Crippen molar-refractivity contribution >= 4 is 29.4 Å². The van der Waals surface area contributed by atoms with Crippen LogP contribution in [0.1, 0.15) is 35.8 Å². The molecule has 0 aliphatic heterocycles. The molecule has 29 heavy (non-hydrogen) atoms. The molecule has 0 bridgehead atoms. The Morgan fingerprint density at radius 3 is 2.59 bits per heavy atom. The van der Waals surface area contributed by atoms with E-state index in [0.717, 1.165) is 5.56 Å². The number of rotatable bonds is 9. The summed E-state index contributed by atoms with van der Waals surface area (Å²) in [6, 6.07) is 13.5. The summed E-state index contributed by atoms with van der Waals surface area (Å²) in [6.45, 7) is 3.20. The maximum atomic E-state index is 12.2. The van der Waals surface area contributed by atoms with Crippen LogP contribution in [0, 0.1) is 0 Å². The number of esters is 1. The number of nitrogens with one attached hydrogen (secondary N) is 2. The van der Waals surface area contributed by atoms with Gasteiger partial charge in [-0.25, -0.2) is 0 Å². The second kappa shape index (κ2) is 11.1. The van der Waals surface area contributed by atoms with E-state index in [2.05, 4.69) is 10.6 Å². The lowest BCUT2D eigenvalue weighted by atomic mass is 10.1. The van der Waals surface area contributed by atoms with E-state index < -0.39 is 24.4 Å². The van der Waals surface area contributed by atoms with E-state index in [4.69, 9.17) is 21.1 Å². The van der Waals surface area contributed by atoms with Crippen molar-refractivity contribution in [3.63, 3.8) is 0 Å². The fourth-order valence-electron chi connectivity index (χ4n) is 2.52. The van der Waals surface area contributed by atoms with Crippen LogP contribution >= 0.6 is 11.6 Å². The first-order chi connectivity index (χ1) is 13.9. The minimum absolute atomic E-state index is 0.297. The van der Waals surface area contributed by atoms with Gasteiger partial charge in [0.2, 0.25) is 0 Å². The largest absolute Gasteiger partial charge is 0.493 e. The number of hydrogen-bond acceptors (Lipinski definition) is 5. The zero-order valence-electron chi connectivity index (χ0n) is 16.2. The van der Waals surface area contributed by atoms with E-state index in [1.54, 1.807) is 49.4 Å². The second-order valence-corrected chi connectivity index (χ2v) is 6.55. The van der Waals surface area contributed by atoms with Crippen LogP contribution in [0.5, 0.6) is 5.75 Å². The molecule has 2 aromatic carbocycles. The summed E-state index contributed by atoms with van der Waals surface area (Å²) in [5, 5.41) is 5.73. The summed E-state index contributed by atoms with van der Waals surface area (Å²) in [5.74, 6) is -1.23. The zero-order valence-corrected chi connectivity index (χ0v) is 17.0. The highest BCUT2D eigenvalue weighted by atomic mass is 35.5. The van der Waals surface area contributed by atoms with Gasteiger partial charge in [0, 0.05) is 5.02 Å². The molecule has 0 spiro atoms. The van der Waals surface area contributed by atoms with E-state index >= 15 is 0 Å². The van der Waals surface area contributed by atoms with Gasteiger partial charge in [0.1, 0.15) is 12.3 Å².